The predicted octanol–water partition coefficient (Wildman–Crippen LogP) is 4.39. The van der Waals surface area contributed by atoms with Gasteiger partial charge in [-0.25, -0.2) is 0 Å². The fourth-order valence-corrected chi connectivity index (χ4v) is 2.68. The van der Waals surface area contributed by atoms with Crippen LogP contribution in [-0.2, 0) is 6.42 Å². The van der Waals surface area contributed by atoms with E-state index in [1.807, 2.05) is 30.3 Å². The van der Waals surface area contributed by atoms with Crippen LogP contribution >= 0.6 is 27.5 Å². The van der Waals surface area contributed by atoms with Crippen molar-refractivity contribution in [2.75, 3.05) is 7.11 Å². The van der Waals surface area contributed by atoms with Gasteiger partial charge in [0.05, 0.1) is 17.7 Å². The van der Waals surface area contributed by atoms with Crippen molar-refractivity contribution in [2.24, 2.45) is 0 Å². The molecule has 100 valence electrons. The van der Waals surface area contributed by atoms with Gasteiger partial charge in [0.2, 0.25) is 0 Å². The van der Waals surface area contributed by atoms with E-state index in [9.17, 15) is 5.11 Å². The maximum atomic E-state index is 10.2. The number of aliphatic hydroxyl groups excluding tert-OH is 1. The van der Waals surface area contributed by atoms with Gasteiger partial charge in [0.25, 0.3) is 0 Å². The number of methoxy groups -OCH3 is 1. The topological polar surface area (TPSA) is 29.5 Å². The van der Waals surface area contributed by atoms with Crippen molar-refractivity contribution in [3.63, 3.8) is 0 Å². The zero-order valence-electron chi connectivity index (χ0n) is 10.4. The summed E-state index contributed by atoms with van der Waals surface area (Å²) < 4.78 is 6.06. The maximum absolute atomic E-state index is 10.2. The second-order valence-electron chi connectivity index (χ2n) is 4.24. The molecule has 0 radical (unpaired) electrons. The lowest BCUT2D eigenvalue weighted by Gasteiger charge is -2.12. The molecule has 2 nitrogen and oxygen atoms in total. The Balaban J connectivity index is 2.14. The molecule has 0 aliphatic heterocycles. The van der Waals surface area contributed by atoms with Crippen molar-refractivity contribution in [3.05, 3.63) is 63.1 Å². The molecule has 0 bridgehead atoms. The van der Waals surface area contributed by atoms with Crippen LogP contribution in [0.1, 0.15) is 17.2 Å². The summed E-state index contributed by atoms with van der Waals surface area (Å²) in [6.45, 7) is 0. The first-order valence-electron chi connectivity index (χ1n) is 5.86. The summed E-state index contributed by atoms with van der Waals surface area (Å²) in [5.41, 5.74) is 1.85. The number of aliphatic hydroxyl groups is 1. The van der Waals surface area contributed by atoms with Gasteiger partial charge in [0.15, 0.2) is 0 Å². The van der Waals surface area contributed by atoms with Gasteiger partial charge in [-0.15, -0.1) is 0 Å². The molecule has 0 saturated carbocycles. The Hall–Kier alpha value is -1.03. The minimum absolute atomic E-state index is 0.531. The number of ether oxygens (including phenoxy) is 1. The number of hydrogen-bond acceptors (Lipinski definition) is 2. The first-order chi connectivity index (χ1) is 9.10. The molecule has 1 atom stereocenters. The summed E-state index contributed by atoms with van der Waals surface area (Å²) >= 11 is 9.36. The maximum Gasteiger partial charge on any atom is 0.133 e. The summed E-state index contributed by atoms with van der Waals surface area (Å²) in [4.78, 5) is 0. The molecule has 0 amide bonds. The van der Waals surface area contributed by atoms with Crippen molar-refractivity contribution in [1.82, 2.24) is 0 Å². The van der Waals surface area contributed by atoms with Gasteiger partial charge in [0, 0.05) is 11.4 Å². The molecule has 2 aromatic rings. The van der Waals surface area contributed by atoms with Crippen molar-refractivity contribution < 1.29 is 9.84 Å². The Morgan fingerprint density at radius 3 is 2.68 bits per heavy atom. The first-order valence-corrected chi connectivity index (χ1v) is 7.03. The molecule has 1 N–H and O–H groups in total. The summed E-state index contributed by atoms with van der Waals surface area (Å²) in [6.07, 6.45) is -0.0397. The van der Waals surface area contributed by atoms with Crippen LogP contribution in [0, 0.1) is 0 Å². The monoisotopic (exact) mass is 340 g/mol. The third-order valence-corrected chi connectivity index (χ3v) is 3.73. The fraction of sp³-hybridized carbons (Fsp3) is 0.200. The quantitative estimate of drug-likeness (QED) is 0.894. The van der Waals surface area contributed by atoms with Crippen molar-refractivity contribution in [1.29, 1.82) is 0 Å². The molecule has 0 spiro atoms. The van der Waals surface area contributed by atoms with E-state index < -0.39 is 6.10 Å². The molecule has 2 rings (SSSR count). The van der Waals surface area contributed by atoms with E-state index in [1.54, 1.807) is 19.2 Å². The third kappa shape index (κ3) is 3.72. The largest absolute Gasteiger partial charge is 0.496 e. The van der Waals surface area contributed by atoms with Crippen molar-refractivity contribution in [2.45, 2.75) is 12.5 Å². The summed E-state index contributed by atoms with van der Waals surface area (Å²) in [5.74, 6) is 0.779. The van der Waals surface area contributed by atoms with Crippen LogP contribution in [0.2, 0.25) is 5.02 Å². The molecular weight excluding hydrogens is 328 g/mol. The van der Waals surface area contributed by atoms with E-state index in [0.29, 0.717) is 11.4 Å². The normalized spacial score (nSPS) is 12.2. The van der Waals surface area contributed by atoms with Crippen LogP contribution in [0.15, 0.2) is 46.9 Å². The number of hydrogen-bond donors (Lipinski definition) is 1. The Bertz CT molecular complexity index is 572. The van der Waals surface area contributed by atoms with Gasteiger partial charge in [-0.05, 0) is 51.3 Å². The standard InChI is InChI=1S/C15H14BrClO2/c1-19-15-6-5-10(7-13(15)16)8-14(18)11-3-2-4-12(17)9-11/h2-7,9,14,18H,8H2,1H3. The Morgan fingerprint density at radius 1 is 1.26 bits per heavy atom. The zero-order valence-corrected chi connectivity index (χ0v) is 12.8. The van der Waals surface area contributed by atoms with Crippen LogP contribution < -0.4 is 4.74 Å². The van der Waals surface area contributed by atoms with Crippen LogP contribution in [0.5, 0.6) is 5.75 Å². The number of rotatable bonds is 4. The van der Waals surface area contributed by atoms with Crippen molar-refractivity contribution >= 4 is 27.5 Å². The highest BCUT2D eigenvalue weighted by Gasteiger charge is 2.10. The van der Waals surface area contributed by atoms with Gasteiger partial charge >= 0.3 is 0 Å². The van der Waals surface area contributed by atoms with Gasteiger partial charge in [-0.3, -0.25) is 0 Å². The molecule has 0 aliphatic rings. The molecule has 19 heavy (non-hydrogen) atoms. The molecule has 0 fully saturated rings. The average molecular weight is 342 g/mol. The summed E-state index contributed by atoms with van der Waals surface area (Å²) in [6, 6.07) is 13.1. The highest BCUT2D eigenvalue weighted by atomic mass is 79.9. The Kier molecular flexibility index (Phi) is 4.86. The smallest absolute Gasteiger partial charge is 0.133 e. The SMILES string of the molecule is COc1ccc(CC(O)c2cccc(Cl)c2)cc1Br. The van der Waals surface area contributed by atoms with E-state index in [-0.39, 0.29) is 0 Å². The predicted molar refractivity (Wildman–Crippen MR) is 80.8 cm³/mol. The number of halogens is 2. The molecule has 0 heterocycles. The molecule has 0 aromatic heterocycles. The van der Waals surface area contributed by atoms with E-state index in [4.69, 9.17) is 16.3 Å². The minimum atomic E-state index is -0.570. The lowest BCUT2D eigenvalue weighted by Crippen LogP contribution is -2.02. The zero-order chi connectivity index (χ0) is 13.8. The lowest BCUT2D eigenvalue weighted by molar-refractivity contribution is 0.178. The fourth-order valence-electron chi connectivity index (χ4n) is 1.89. The van der Waals surface area contributed by atoms with Gasteiger partial charge in [-0.1, -0.05) is 29.8 Å². The number of benzene rings is 2. The molecule has 2 aromatic carbocycles. The second-order valence-corrected chi connectivity index (χ2v) is 5.53. The van der Waals surface area contributed by atoms with Gasteiger partial charge < -0.3 is 9.84 Å². The molecule has 0 saturated heterocycles. The van der Waals surface area contributed by atoms with Crippen LogP contribution in [0.3, 0.4) is 0 Å². The lowest BCUT2D eigenvalue weighted by atomic mass is 10.0. The van der Waals surface area contributed by atoms with Crippen LogP contribution in [0.25, 0.3) is 0 Å². The second kappa shape index (κ2) is 6.42. The van der Waals surface area contributed by atoms with Gasteiger partial charge in [0.1, 0.15) is 5.75 Å². The summed E-state index contributed by atoms with van der Waals surface area (Å²) in [7, 11) is 1.63. The molecule has 1 unspecified atom stereocenters. The Morgan fingerprint density at radius 2 is 2.05 bits per heavy atom. The van der Waals surface area contributed by atoms with Crippen molar-refractivity contribution in [3.8, 4) is 5.75 Å². The average Bonchev–Trinajstić information content (AvgIpc) is 2.39. The van der Waals surface area contributed by atoms with E-state index in [2.05, 4.69) is 15.9 Å². The van der Waals surface area contributed by atoms with Crippen LogP contribution in [-0.4, -0.2) is 12.2 Å². The highest BCUT2D eigenvalue weighted by molar-refractivity contribution is 9.10. The Labute approximate surface area is 126 Å². The first kappa shape index (κ1) is 14.4. The van der Waals surface area contributed by atoms with E-state index >= 15 is 0 Å². The molecular formula is C15H14BrClO2. The highest BCUT2D eigenvalue weighted by Crippen LogP contribution is 2.28. The molecule has 4 heteroatoms. The van der Waals surface area contributed by atoms with Gasteiger partial charge in [-0.2, -0.15) is 0 Å². The minimum Gasteiger partial charge on any atom is -0.496 e. The third-order valence-electron chi connectivity index (χ3n) is 2.88. The molecule has 0 aliphatic carbocycles. The van der Waals surface area contributed by atoms with E-state index in [0.717, 1.165) is 21.3 Å². The van der Waals surface area contributed by atoms with E-state index in [1.165, 1.54) is 0 Å². The van der Waals surface area contributed by atoms with Crippen LogP contribution in [0.4, 0.5) is 0 Å². The summed E-state index contributed by atoms with van der Waals surface area (Å²) in [5, 5.41) is 10.8.